The van der Waals surface area contributed by atoms with E-state index in [4.69, 9.17) is 28.4 Å². The van der Waals surface area contributed by atoms with Crippen LogP contribution in [0.15, 0.2) is 97.2 Å². The summed E-state index contributed by atoms with van der Waals surface area (Å²) in [6.45, 7) is 1.56. The van der Waals surface area contributed by atoms with E-state index in [1.807, 2.05) is 6.08 Å². The Morgan fingerprint density at radius 2 is 0.787 bits per heavy atom. The van der Waals surface area contributed by atoms with E-state index in [9.17, 15) is 61.0 Å². The summed E-state index contributed by atoms with van der Waals surface area (Å²) in [6.07, 6.45) is 39.6. The molecule has 17 atom stereocenters. The van der Waals surface area contributed by atoms with Gasteiger partial charge < -0.3 is 89.9 Å². The van der Waals surface area contributed by atoms with Crippen LogP contribution >= 0.6 is 0 Å². The molecule has 89 heavy (non-hydrogen) atoms. The van der Waals surface area contributed by atoms with Gasteiger partial charge in [0, 0.05) is 6.42 Å². The van der Waals surface area contributed by atoms with Crippen molar-refractivity contribution in [3.63, 3.8) is 0 Å². The third-order valence-electron chi connectivity index (χ3n) is 16.4. The summed E-state index contributed by atoms with van der Waals surface area (Å²) in [5.41, 5.74) is 0. The first-order chi connectivity index (χ1) is 43.3. The number of amides is 1. The zero-order chi connectivity index (χ0) is 64.7. The molecule has 0 aromatic rings. The van der Waals surface area contributed by atoms with Crippen LogP contribution in [0.3, 0.4) is 0 Å². The predicted octanol–water partition coefficient (Wildman–Crippen LogP) is 8.49. The summed E-state index contributed by atoms with van der Waals surface area (Å²) >= 11 is 0. The molecule has 3 fully saturated rings. The minimum Gasteiger partial charge on any atom is -0.394 e. The molecule has 0 aromatic carbocycles. The quantitative estimate of drug-likeness (QED) is 0.0201. The largest absolute Gasteiger partial charge is 0.394 e. The zero-order valence-electron chi connectivity index (χ0n) is 53.9. The SMILES string of the molecule is CC/C=C\C/C=C\C/C=C\C/C=C\C/C=C\C/C=C\CCCCCCCCCCCCCCC(=O)NC(COC1OC(CO)C(OC2OC(CO)C(OC3OC(CO)C(O)C(O)C3O)C(O)C2O)C(O)C1O)C(O)/C=C/CC/C=C/CCCCCCCCC. The average molecular weight is 1260 g/mol. The van der Waals surface area contributed by atoms with E-state index >= 15 is 0 Å². The van der Waals surface area contributed by atoms with E-state index in [1.165, 1.54) is 83.5 Å². The van der Waals surface area contributed by atoms with Gasteiger partial charge in [-0.15, -0.1) is 0 Å². The summed E-state index contributed by atoms with van der Waals surface area (Å²) < 4.78 is 34.3. The number of unbranched alkanes of at least 4 members (excludes halogenated alkanes) is 20. The predicted molar refractivity (Wildman–Crippen MR) is 346 cm³/mol. The molecule has 0 aliphatic carbocycles. The molecule has 0 aromatic heterocycles. The van der Waals surface area contributed by atoms with Crippen LogP contribution in [-0.2, 0) is 33.2 Å². The van der Waals surface area contributed by atoms with Gasteiger partial charge in [-0.05, 0) is 83.5 Å². The van der Waals surface area contributed by atoms with E-state index in [-0.39, 0.29) is 18.9 Å². The number of hydrogen-bond acceptors (Lipinski definition) is 18. The van der Waals surface area contributed by atoms with Gasteiger partial charge in [-0.1, -0.05) is 214 Å². The van der Waals surface area contributed by atoms with Gasteiger partial charge in [0.2, 0.25) is 5.91 Å². The molecule has 0 bridgehead atoms. The lowest BCUT2D eigenvalue weighted by atomic mass is 9.96. The maximum Gasteiger partial charge on any atom is 0.220 e. The number of allylic oxidation sites excluding steroid dienone is 15. The van der Waals surface area contributed by atoms with Crippen LogP contribution in [0.5, 0.6) is 0 Å². The molecule has 3 heterocycles. The highest BCUT2D eigenvalue weighted by molar-refractivity contribution is 5.76. The van der Waals surface area contributed by atoms with Gasteiger partial charge in [-0.3, -0.25) is 4.79 Å². The fraction of sp³-hybridized carbons (Fsp3) is 0.757. The van der Waals surface area contributed by atoms with Crippen LogP contribution in [0, 0.1) is 0 Å². The molecule has 512 valence electrons. The first kappa shape index (κ1) is 79.9. The molecule has 19 nitrogen and oxygen atoms in total. The van der Waals surface area contributed by atoms with Gasteiger partial charge in [0.25, 0.3) is 0 Å². The smallest absolute Gasteiger partial charge is 0.220 e. The highest BCUT2D eigenvalue weighted by Crippen LogP contribution is 2.33. The molecule has 3 aliphatic heterocycles. The Kier molecular flexibility index (Phi) is 46.0. The molecule has 17 unspecified atom stereocenters. The summed E-state index contributed by atoms with van der Waals surface area (Å²) in [5.74, 6) is -0.293. The van der Waals surface area contributed by atoms with E-state index < -0.39 is 124 Å². The molecule has 3 aliphatic rings. The Morgan fingerprint density at radius 3 is 1.26 bits per heavy atom. The molecule has 1 amide bonds. The van der Waals surface area contributed by atoms with Crippen molar-refractivity contribution in [3.8, 4) is 0 Å². The lowest BCUT2D eigenvalue weighted by Gasteiger charge is -2.48. The van der Waals surface area contributed by atoms with Crippen molar-refractivity contribution in [3.05, 3.63) is 97.2 Å². The summed E-state index contributed by atoms with van der Waals surface area (Å²) in [5, 5.41) is 120. The van der Waals surface area contributed by atoms with Crippen molar-refractivity contribution in [2.45, 2.75) is 311 Å². The number of carbonyl (C=O) groups excluding carboxylic acids is 1. The highest BCUT2D eigenvalue weighted by atomic mass is 16.8. The fourth-order valence-electron chi connectivity index (χ4n) is 10.9. The van der Waals surface area contributed by atoms with E-state index in [0.717, 1.165) is 89.9 Å². The Labute approximate surface area is 533 Å². The Hall–Kier alpha value is -3.29. The molecule has 3 saturated heterocycles. The Bertz CT molecular complexity index is 1990. The zero-order valence-corrected chi connectivity index (χ0v) is 53.9. The van der Waals surface area contributed by atoms with E-state index in [0.29, 0.717) is 12.8 Å². The lowest BCUT2D eigenvalue weighted by Crippen LogP contribution is -2.66. The fourth-order valence-corrected chi connectivity index (χ4v) is 10.9. The summed E-state index contributed by atoms with van der Waals surface area (Å²) in [4.78, 5) is 13.4. The summed E-state index contributed by atoms with van der Waals surface area (Å²) in [7, 11) is 0. The van der Waals surface area contributed by atoms with E-state index in [1.54, 1.807) is 6.08 Å². The van der Waals surface area contributed by atoms with Crippen molar-refractivity contribution in [2.75, 3.05) is 26.4 Å². The maximum atomic E-state index is 13.4. The first-order valence-electron chi connectivity index (χ1n) is 34.0. The van der Waals surface area contributed by atoms with Gasteiger partial charge in [0.1, 0.15) is 73.2 Å². The Balaban J connectivity index is 1.40. The number of aliphatic hydroxyl groups excluding tert-OH is 11. The van der Waals surface area contributed by atoms with Crippen LogP contribution in [0.4, 0.5) is 0 Å². The normalized spacial score (nSPS) is 28.8. The number of hydrogen-bond donors (Lipinski definition) is 12. The van der Waals surface area contributed by atoms with Gasteiger partial charge in [0.15, 0.2) is 18.9 Å². The van der Waals surface area contributed by atoms with Crippen molar-refractivity contribution < 1.29 is 89.4 Å². The highest BCUT2D eigenvalue weighted by Gasteiger charge is 2.53. The second-order valence-electron chi connectivity index (χ2n) is 23.9. The minimum absolute atomic E-state index is 0.227. The second-order valence-corrected chi connectivity index (χ2v) is 23.9. The van der Waals surface area contributed by atoms with Gasteiger partial charge >= 0.3 is 0 Å². The summed E-state index contributed by atoms with van der Waals surface area (Å²) in [6, 6.07) is -0.996. The maximum absolute atomic E-state index is 13.4. The number of rotatable bonds is 50. The number of ether oxygens (including phenoxy) is 6. The van der Waals surface area contributed by atoms with Crippen molar-refractivity contribution in [1.29, 1.82) is 0 Å². The first-order valence-corrected chi connectivity index (χ1v) is 34.0. The van der Waals surface area contributed by atoms with Crippen LogP contribution in [-0.4, -0.2) is 193 Å². The molecule has 19 heteroatoms. The van der Waals surface area contributed by atoms with Crippen molar-refractivity contribution in [2.24, 2.45) is 0 Å². The van der Waals surface area contributed by atoms with Gasteiger partial charge in [-0.2, -0.15) is 0 Å². The molecule has 12 N–H and O–H groups in total. The second kappa shape index (κ2) is 51.2. The van der Waals surface area contributed by atoms with Crippen LogP contribution < -0.4 is 5.32 Å². The Morgan fingerprint density at radius 1 is 0.416 bits per heavy atom. The molecule has 0 saturated carbocycles. The number of aliphatic hydroxyl groups is 11. The minimum atomic E-state index is -1.98. The number of carbonyl (C=O) groups is 1. The topological polar surface area (TPSA) is 307 Å². The molecule has 0 spiro atoms. The third-order valence-corrected chi connectivity index (χ3v) is 16.4. The third kappa shape index (κ3) is 33.4. The molecular formula is C70H119NO18. The van der Waals surface area contributed by atoms with Gasteiger partial charge in [0.05, 0.1) is 38.6 Å². The van der Waals surface area contributed by atoms with Crippen LogP contribution in [0.1, 0.15) is 206 Å². The lowest BCUT2D eigenvalue weighted by molar-refractivity contribution is -0.379. The number of nitrogens with one attached hydrogen (secondary N) is 1. The molecule has 0 radical (unpaired) electrons. The van der Waals surface area contributed by atoms with Crippen molar-refractivity contribution in [1.82, 2.24) is 5.32 Å². The molecule has 3 rings (SSSR count). The van der Waals surface area contributed by atoms with Crippen LogP contribution in [0.25, 0.3) is 0 Å². The van der Waals surface area contributed by atoms with Crippen molar-refractivity contribution >= 4 is 5.91 Å². The monoisotopic (exact) mass is 1260 g/mol. The average Bonchev–Trinajstić information content (AvgIpc) is 1.92. The van der Waals surface area contributed by atoms with E-state index in [2.05, 4.69) is 104 Å². The van der Waals surface area contributed by atoms with Gasteiger partial charge in [-0.25, -0.2) is 0 Å². The standard InChI is InChI=1S/C70H119NO18/c1-3-5-7-9-11-13-15-17-18-19-20-21-22-23-24-25-26-27-28-29-30-31-32-33-34-36-38-40-42-44-46-48-58(76)71-53(54(75)47-45-43-41-39-37-35-16-14-12-10-8-6-4-2)52-84-68-64(82)61(79)66(56(50-73)86-68)89-70-65(83)62(80)67(57(51-74)87-70)88-69-63(81)60(78)59(77)55(49-72)85-69/h5,7,11,13,17-18,20-21,23-24,26-27,37,39,45,47,53-57,59-70,72-75,77-83H,3-4,6,8-10,12,14-16,19,22,25,28-36,38,40-44,46,48-52H2,1-2H3,(H,71,76)/b7-5-,13-11-,18-17-,21-20-,24-23-,27-26-,39-37+,47-45+. The van der Waals surface area contributed by atoms with Crippen LogP contribution in [0.2, 0.25) is 0 Å². The molecular weight excluding hydrogens is 1140 g/mol.